The highest BCUT2D eigenvalue weighted by atomic mass is 35.5. The van der Waals surface area contributed by atoms with Crippen molar-refractivity contribution >= 4 is 17.5 Å². The average molecular weight is 295 g/mol. The number of rotatable bonds is 5. The Balaban J connectivity index is 1.65. The highest BCUT2D eigenvalue weighted by molar-refractivity contribution is 6.30. The summed E-state index contributed by atoms with van der Waals surface area (Å²) in [5.41, 5.74) is 1.16. The van der Waals surface area contributed by atoms with Crippen LogP contribution in [0.3, 0.4) is 0 Å². The van der Waals surface area contributed by atoms with Crippen molar-refractivity contribution in [2.45, 2.75) is 25.7 Å². The first-order valence-corrected chi connectivity index (χ1v) is 7.71. The molecular weight excluding hydrogens is 272 g/mol. The standard InChI is InChI=1S/C16H23ClN2O/c1-19-9-6-14(7-10-19)12-16(20)18-8-5-13-3-2-4-15(17)11-13/h2-4,11,14H,5-10,12H2,1H3,(H,18,20). The molecule has 0 aliphatic carbocycles. The van der Waals surface area contributed by atoms with Crippen LogP contribution in [0.5, 0.6) is 0 Å². The second kappa shape index (κ2) is 7.65. The topological polar surface area (TPSA) is 32.3 Å². The summed E-state index contributed by atoms with van der Waals surface area (Å²) in [7, 11) is 2.14. The molecule has 3 nitrogen and oxygen atoms in total. The summed E-state index contributed by atoms with van der Waals surface area (Å²) in [6.07, 6.45) is 3.78. The highest BCUT2D eigenvalue weighted by Gasteiger charge is 2.19. The van der Waals surface area contributed by atoms with E-state index in [2.05, 4.69) is 17.3 Å². The minimum Gasteiger partial charge on any atom is -0.356 e. The van der Waals surface area contributed by atoms with Crippen LogP contribution in [0.2, 0.25) is 5.02 Å². The van der Waals surface area contributed by atoms with Gasteiger partial charge in [-0.25, -0.2) is 0 Å². The van der Waals surface area contributed by atoms with Gasteiger partial charge in [-0.05, 0) is 63.0 Å². The molecule has 1 fully saturated rings. The molecular formula is C16H23ClN2O. The van der Waals surface area contributed by atoms with Gasteiger partial charge < -0.3 is 10.2 Å². The van der Waals surface area contributed by atoms with E-state index in [1.165, 1.54) is 0 Å². The fourth-order valence-corrected chi connectivity index (χ4v) is 2.85. The SMILES string of the molecule is CN1CCC(CC(=O)NCCc2cccc(Cl)c2)CC1. The van der Waals surface area contributed by atoms with Crippen LogP contribution >= 0.6 is 11.6 Å². The Morgan fingerprint density at radius 2 is 2.15 bits per heavy atom. The Hall–Kier alpha value is -1.06. The van der Waals surface area contributed by atoms with E-state index in [0.29, 0.717) is 18.9 Å². The van der Waals surface area contributed by atoms with Gasteiger partial charge in [0.25, 0.3) is 0 Å². The van der Waals surface area contributed by atoms with Crippen molar-refractivity contribution in [1.29, 1.82) is 0 Å². The molecule has 2 rings (SSSR count). The summed E-state index contributed by atoms with van der Waals surface area (Å²) in [5.74, 6) is 0.735. The lowest BCUT2D eigenvalue weighted by atomic mass is 9.93. The van der Waals surface area contributed by atoms with Gasteiger partial charge in [0.15, 0.2) is 0 Å². The number of nitrogens with one attached hydrogen (secondary N) is 1. The number of benzene rings is 1. The van der Waals surface area contributed by atoms with Gasteiger partial charge in [-0.3, -0.25) is 4.79 Å². The first-order valence-electron chi connectivity index (χ1n) is 7.33. The Bertz CT molecular complexity index is 442. The van der Waals surface area contributed by atoms with Crippen LogP contribution in [-0.2, 0) is 11.2 Å². The number of hydrogen-bond donors (Lipinski definition) is 1. The predicted octanol–water partition coefficient (Wildman–Crippen LogP) is 2.73. The maximum atomic E-state index is 11.9. The Morgan fingerprint density at radius 3 is 2.85 bits per heavy atom. The van der Waals surface area contributed by atoms with Crippen LogP contribution in [0.25, 0.3) is 0 Å². The minimum absolute atomic E-state index is 0.182. The number of piperidine rings is 1. The van der Waals surface area contributed by atoms with Crippen molar-refractivity contribution in [2.24, 2.45) is 5.92 Å². The maximum absolute atomic E-state index is 11.9. The maximum Gasteiger partial charge on any atom is 0.220 e. The van der Waals surface area contributed by atoms with Gasteiger partial charge >= 0.3 is 0 Å². The number of likely N-dealkylation sites (tertiary alicyclic amines) is 1. The molecule has 4 heteroatoms. The quantitative estimate of drug-likeness (QED) is 0.906. The largest absolute Gasteiger partial charge is 0.356 e. The molecule has 1 aliphatic heterocycles. The average Bonchev–Trinajstić information content (AvgIpc) is 2.41. The lowest BCUT2D eigenvalue weighted by Gasteiger charge is -2.28. The number of nitrogens with zero attached hydrogens (tertiary/aromatic N) is 1. The highest BCUT2D eigenvalue weighted by Crippen LogP contribution is 2.19. The van der Waals surface area contributed by atoms with Crippen molar-refractivity contribution in [2.75, 3.05) is 26.7 Å². The van der Waals surface area contributed by atoms with E-state index in [1.54, 1.807) is 0 Å². The smallest absolute Gasteiger partial charge is 0.220 e. The van der Waals surface area contributed by atoms with Gasteiger partial charge in [0.1, 0.15) is 0 Å². The third kappa shape index (κ3) is 5.14. The summed E-state index contributed by atoms with van der Waals surface area (Å²) < 4.78 is 0. The molecule has 0 spiro atoms. The molecule has 0 radical (unpaired) electrons. The predicted molar refractivity (Wildman–Crippen MR) is 83.0 cm³/mol. The number of halogens is 1. The lowest BCUT2D eigenvalue weighted by molar-refractivity contribution is -0.122. The number of amides is 1. The van der Waals surface area contributed by atoms with Crippen molar-refractivity contribution in [3.63, 3.8) is 0 Å². The van der Waals surface area contributed by atoms with Crippen molar-refractivity contribution in [1.82, 2.24) is 10.2 Å². The van der Waals surface area contributed by atoms with Gasteiger partial charge in [-0.1, -0.05) is 23.7 Å². The molecule has 1 saturated heterocycles. The number of carbonyl (C=O) groups is 1. The molecule has 0 aromatic heterocycles. The fourth-order valence-electron chi connectivity index (χ4n) is 2.64. The Morgan fingerprint density at radius 1 is 1.40 bits per heavy atom. The van der Waals surface area contributed by atoms with Crippen molar-refractivity contribution < 1.29 is 4.79 Å². The third-order valence-corrected chi connectivity index (χ3v) is 4.17. The molecule has 0 atom stereocenters. The molecule has 1 aromatic carbocycles. The van der Waals surface area contributed by atoms with Gasteiger partial charge in [0, 0.05) is 18.0 Å². The van der Waals surface area contributed by atoms with Gasteiger partial charge in [0.2, 0.25) is 5.91 Å². The van der Waals surface area contributed by atoms with E-state index in [9.17, 15) is 4.79 Å². The lowest BCUT2D eigenvalue weighted by Crippen LogP contribution is -2.34. The van der Waals surface area contributed by atoms with Crippen LogP contribution in [0.1, 0.15) is 24.8 Å². The molecule has 1 N–H and O–H groups in total. The van der Waals surface area contributed by atoms with Crippen LogP contribution in [0, 0.1) is 5.92 Å². The summed E-state index contributed by atoms with van der Waals surface area (Å²) in [4.78, 5) is 14.2. The van der Waals surface area contributed by atoms with Gasteiger partial charge in [-0.15, -0.1) is 0 Å². The van der Waals surface area contributed by atoms with Crippen LogP contribution in [0.4, 0.5) is 0 Å². The van der Waals surface area contributed by atoms with E-state index >= 15 is 0 Å². The van der Waals surface area contributed by atoms with Crippen LogP contribution in [0.15, 0.2) is 24.3 Å². The van der Waals surface area contributed by atoms with E-state index in [4.69, 9.17) is 11.6 Å². The molecule has 1 aliphatic rings. The zero-order chi connectivity index (χ0) is 14.4. The summed E-state index contributed by atoms with van der Waals surface area (Å²) >= 11 is 5.94. The van der Waals surface area contributed by atoms with Crippen molar-refractivity contribution in [3.8, 4) is 0 Å². The third-order valence-electron chi connectivity index (χ3n) is 3.94. The van der Waals surface area contributed by atoms with Gasteiger partial charge in [0.05, 0.1) is 0 Å². The minimum atomic E-state index is 0.182. The zero-order valence-corrected chi connectivity index (χ0v) is 12.8. The molecule has 0 unspecified atom stereocenters. The first-order chi connectivity index (χ1) is 9.63. The second-order valence-electron chi connectivity index (χ2n) is 5.68. The molecule has 110 valence electrons. The zero-order valence-electron chi connectivity index (χ0n) is 12.1. The van der Waals surface area contributed by atoms with Crippen LogP contribution in [-0.4, -0.2) is 37.5 Å². The number of carbonyl (C=O) groups excluding carboxylic acids is 1. The molecule has 1 aromatic rings. The van der Waals surface area contributed by atoms with E-state index in [0.717, 1.165) is 42.9 Å². The molecule has 1 heterocycles. The Labute approximate surface area is 126 Å². The van der Waals surface area contributed by atoms with Crippen molar-refractivity contribution in [3.05, 3.63) is 34.9 Å². The van der Waals surface area contributed by atoms with Crippen LogP contribution < -0.4 is 5.32 Å². The van der Waals surface area contributed by atoms with E-state index in [-0.39, 0.29) is 5.91 Å². The summed E-state index contributed by atoms with van der Waals surface area (Å²) in [5, 5.41) is 3.76. The molecule has 0 saturated carbocycles. The second-order valence-corrected chi connectivity index (χ2v) is 6.12. The van der Waals surface area contributed by atoms with E-state index in [1.807, 2.05) is 24.3 Å². The van der Waals surface area contributed by atoms with Gasteiger partial charge in [-0.2, -0.15) is 0 Å². The summed E-state index contributed by atoms with van der Waals surface area (Å²) in [6.45, 7) is 2.91. The Kier molecular flexibility index (Phi) is 5.86. The van der Waals surface area contributed by atoms with E-state index < -0.39 is 0 Å². The monoisotopic (exact) mass is 294 g/mol. The normalized spacial score (nSPS) is 17.1. The first kappa shape index (κ1) is 15.3. The fraction of sp³-hybridized carbons (Fsp3) is 0.562. The molecule has 1 amide bonds. The summed E-state index contributed by atoms with van der Waals surface area (Å²) in [6, 6.07) is 7.79. The molecule has 0 bridgehead atoms. The molecule has 20 heavy (non-hydrogen) atoms. The number of hydrogen-bond acceptors (Lipinski definition) is 2.